The zero-order chi connectivity index (χ0) is 15.0. The number of thiazole rings is 1. The van der Waals surface area contributed by atoms with Crippen LogP contribution in [0.15, 0.2) is 12.1 Å². The summed E-state index contributed by atoms with van der Waals surface area (Å²) < 4.78 is 0. The van der Waals surface area contributed by atoms with Crippen molar-refractivity contribution in [2.75, 3.05) is 18.5 Å². The van der Waals surface area contributed by atoms with Crippen molar-refractivity contribution in [3.63, 3.8) is 0 Å². The van der Waals surface area contributed by atoms with Crippen LogP contribution in [-0.4, -0.2) is 29.5 Å². The van der Waals surface area contributed by atoms with Crippen LogP contribution in [0, 0.1) is 13.8 Å². The van der Waals surface area contributed by atoms with E-state index >= 15 is 0 Å². The molecule has 21 heavy (non-hydrogen) atoms. The van der Waals surface area contributed by atoms with E-state index in [4.69, 9.17) is 0 Å². The van der Waals surface area contributed by atoms with E-state index in [2.05, 4.69) is 20.2 Å². The lowest BCUT2D eigenvalue weighted by atomic mass is 10.2. The summed E-state index contributed by atoms with van der Waals surface area (Å²) in [5.41, 5.74) is 2.67. The van der Waals surface area contributed by atoms with E-state index in [1.165, 1.54) is 5.56 Å². The van der Waals surface area contributed by atoms with Gasteiger partial charge in [0, 0.05) is 18.5 Å². The van der Waals surface area contributed by atoms with E-state index in [0.29, 0.717) is 12.2 Å². The van der Waals surface area contributed by atoms with Gasteiger partial charge in [-0.15, -0.1) is 11.3 Å². The molecule has 0 spiro atoms. The van der Waals surface area contributed by atoms with Gasteiger partial charge in [-0.05, 0) is 31.9 Å². The largest absolute Gasteiger partial charge is 0.359 e. The second kappa shape index (κ2) is 5.44. The van der Waals surface area contributed by atoms with Crippen molar-refractivity contribution in [2.45, 2.75) is 26.8 Å². The fourth-order valence-corrected chi connectivity index (χ4v) is 3.39. The van der Waals surface area contributed by atoms with E-state index in [9.17, 15) is 4.79 Å². The molecule has 1 N–H and O–H groups in total. The number of nitrogens with one attached hydrogen (secondary N) is 1. The second-order valence-electron chi connectivity index (χ2n) is 5.27. The van der Waals surface area contributed by atoms with Crippen LogP contribution in [0.2, 0.25) is 0 Å². The number of likely N-dealkylation sites (N-methyl/N-ethyl adjacent to an activating group) is 1. The molecule has 5 nitrogen and oxygen atoms in total. The van der Waals surface area contributed by atoms with Crippen molar-refractivity contribution in [1.82, 2.24) is 15.3 Å². The summed E-state index contributed by atoms with van der Waals surface area (Å²) in [5.74, 6) is 0.788. The summed E-state index contributed by atoms with van der Waals surface area (Å²) in [7, 11) is 2.00. The monoisotopic (exact) mass is 302 g/mol. The third-order valence-electron chi connectivity index (χ3n) is 3.68. The number of anilines is 1. The van der Waals surface area contributed by atoms with E-state index in [1.807, 2.05) is 27.0 Å². The highest BCUT2D eigenvalue weighted by Gasteiger charge is 2.19. The molecule has 0 atom stereocenters. The van der Waals surface area contributed by atoms with Gasteiger partial charge >= 0.3 is 0 Å². The topological polar surface area (TPSA) is 58.1 Å². The Kier molecular flexibility index (Phi) is 3.63. The first-order valence-electron chi connectivity index (χ1n) is 6.97. The number of nitrogens with zero attached hydrogens (tertiary/aromatic N) is 3. The number of rotatable bonds is 3. The zero-order valence-electron chi connectivity index (χ0n) is 12.4. The number of aryl methyl sites for hydroxylation is 2. The highest BCUT2D eigenvalue weighted by molar-refractivity contribution is 7.11. The van der Waals surface area contributed by atoms with Crippen molar-refractivity contribution < 1.29 is 4.79 Å². The molecule has 1 aliphatic heterocycles. The lowest BCUT2D eigenvalue weighted by Crippen LogP contribution is -2.24. The van der Waals surface area contributed by atoms with Crippen LogP contribution < -0.4 is 10.2 Å². The Balaban J connectivity index is 1.71. The maximum absolute atomic E-state index is 12.2. The normalized spacial score (nSPS) is 13.4. The molecule has 1 amide bonds. The molecule has 0 saturated heterocycles. The van der Waals surface area contributed by atoms with Gasteiger partial charge in [-0.2, -0.15) is 0 Å². The summed E-state index contributed by atoms with van der Waals surface area (Å²) in [5, 5.41) is 3.95. The van der Waals surface area contributed by atoms with Gasteiger partial charge in [0.05, 0.1) is 17.2 Å². The molecular weight excluding hydrogens is 284 g/mol. The number of fused-ring (bicyclic) bond motifs is 1. The van der Waals surface area contributed by atoms with Gasteiger partial charge in [-0.25, -0.2) is 9.97 Å². The highest BCUT2D eigenvalue weighted by Crippen LogP contribution is 2.24. The SMILES string of the molecule is Cc1nc(C)c(CNC(=O)c2ccc3c(n2)N(C)CC3)s1. The summed E-state index contributed by atoms with van der Waals surface area (Å²) >= 11 is 1.62. The van der Waals surface area contributed by atoms with Crippen molar-refractivity contribution in [3.8, 4) is 0 Å². The second-order valence-corrected chi connectivity index (χ2v) is 6.56. The van der Waals surface area contributed by atoms with Gasteiger partial charge in [0.1, 0.15) is 11.5 Å². The highest BCUT2D eigenvalue weighted by atomic mass is 32.1. The smallest absolute Gasteiger partial charge is 0.270 e. The van der Waals surface area contributed by atoms with Gasteiger partial charge in [0.25, 0.3) is 5.91 Å². The van der Waals surface area contributed by atoms with Crippen LogP contribution in [-0.2, 0) is 13.0 Å². The van der Waals surface area contributed by atoms with Crippen LogP contribution in [0.1, 0.15) is 31.6 Å². The lowest BCUT2D eigenvalue weighted by Gasteiger charge is -2.11. The number of carbonyl (C=O) groups excluding carboxylic acids is 1. The maximum atomic E-state index is 12.2. The molecule has 0 aliphatic carbocycles. The molecule has 6 heteroatoms. The molecule has 1 aliphatic rings. The Labute approximate surface area is 128 Å². The summed E-state index contributed by atoms with van der Waals surface area (Å²) in [6.45, 7) is 5.41. The molecule has 0 fully saturated rings. The maximum Gasteiger partial charge on any atom is 0.270 e. The lowest BCUT2D eigenvalue weighted by molar-refractivity contribution is 0.0946. The predicted molar refractivity (Wildman–Crippen MR) is 84.0 cm³/mol. The van der Waals surface area contributed by atoms with Crippen molar-refractivity contribution in [2.24, 2.45) is 0 Å². The molecule has 0 bridgehead atoms. The Hall–Kier alpha value is -1.95. The molecule has 110 valence electrons. The molecule has 0 aromatic carbocycles. The Bertz CT molecular complexity index is 695. The van der Waals surface area contributed by atoms with Crippen LogP contribution in [0.4, 0.5) is 5.82 Å². The van der Waals surface area contributed by atoms with Crippen LogP contribution in [0.3, 0.4) is 0 Å². The number of hydrogen-bond donors (Lipinski definition) is 1. The van der Waals surface area contributed by atoms with Gasteiger partial charge < -0.3 is 10.2 Å². The fraction of sp³-hybridized carbons (Fsp3) is 0.400. The fourth-order valence-electron chi connectivity index (χ4n) is 2.51. The average Bonchev–Trinajstić information content (AvgIpc) is 2.99. The minimum Gasteiger partial charge on any atom is -0.359 e. The Morgan fingerprint density at radius 1 is 1.38 bits per heavy atom. The van der Waals surface area contributed by atoms with E-state index in [-0.39, 0.29) is 5.91 Å². The molecule has 2 aromatic heterocycles. The van der Waals surface area contributed by atoms with Crippen LogP contribution in [0.25, 0.3) is 0 Å². The van der Waals surface area contributed by atoms with E-state index in [1.54, 1.807) is 17.4 Å². The Morgan fingerprint density at radius 2 is 2.19 bits per heavy atom. The molecule has 0 saturated carbocycles. The third-order valence-corrected chi connectivity index (χ3v) is 4.75. The van der Waals surface area contributed by atoms with Crippen LogP contribution >= 0.6 is 11.3 Å². The van der Waals surface area contributed by atoms with Crippen molar-refractivity contribution in [3.05, 3.63) is 39.0 Å². The Morgan fingerprint density at radius 3 is 2.90 bits per heavy atom. The molecule has 3 rings (SSSR count). The number of amides is 1. The average molecular weight is 302 g/mol. The molecule has 2 aromatic rings. The van der Waals surface area contributed by atoms with Gasteiger partial charge in [0.2, 0.25) is 0 Å². The van der Waals surface area contributed by atoms with E-state index in [0.717, 1.165) is 34.4 Å². The quantitative estimate of drug-likeness (QED) is 0.943. The molecule has 0 radical (unpaired) electrons. The van der Waals surface area contributed by atoms with E-state index < -0.39 is 0 Å². The number of hydrogen-bond acceptors (Lipinski definition) is 5. The van der Waals surface area contributed by atoms with Gasteiger partial charge in [0.15, 0.2) is 0 Å². The van der Waals surface area contributed by atoms with Crippen LogP contribution in [0.5, 0.6) is 0 Å². The van der Waals surface area contributed by atoms with Crippen molar-refractivity contribution in [1.29, 1.82) is 0 Å². The number of pyridine rings is 1. The minimum atomic E-state index is -0.136. The summed E-state index contributed by atoms with van der Waals surface area (Å²) in [6, 6.07) is 3.81. The van der Waals surface area contributed by atoms with Gasteiger partial charge in [-0.3, -0.25) is 4.79 Å². The predicted octanol–water partition coefficient (Wildman–Crippen LogP) is 2.08. The minimum absolute atomic E-state index is 0.136. The first-order chi connectivity index (χ1) is 10.0. The standard InChI is InChI=1S/C15H18N4OS/c1-9-13(21-10(2)17-9)8-16-15(20)12-5-4-11-6-7-19(3)14(11)18-12/h4-5H,6-8H2,1-3H3,(H,16,20). The molecule has 0 unspecified atom stereocenters. The first kappa shape index (κ1) is 14.0. The summed E-state index contributed by atoms with van der Waals surface area (Å²) in [4.78, 5) is 24.3. The van der Waals surface area contributed by atoms with Crippen molar-refractivity contribution >= 4 is 23.1 Å². The molecule has 3 heterocycles. The number of aromatic nitrogens is 2. The third kappa shape index (κ3) is 2.76. The first-order valence-corrected chi connectivity index (χ1v) is 7.78. The molecular formula is C15H18N4OS. The van der Waals surface area contributed by atoms with Gasteiger partial charge in [-0.1, -0.05) is 6.07 Å². The number of carbonyl (C=O) groups is 1. The zero-order valence-corrected chi connectivity index (χ0v) is 13.3. The summed E-state index contributed by atoms with van der Waals surface area (Å²) in [6.07, 6.45) is 1.00.